The smallest absolute Gasteiger partial charge is 0.00468 e. The molecule has 0 saturated heterocycles. The molecule has 1 nitrogen and oxygen atoms in total. The molecule has 0 spiro atoms. The summed E-state index contributed by atoms with van der Waals surface area (Å²) in [5.74, 6) is 0. The summed E-state index contributed by atoms with van der Waals surface area (Å²) in [6.45, 7) is 16.8. The first kappa shape index (κ1) is 16.4. The van der Waals surface area contributed by atoms with Gasteiger partial charge in [-0.2, -0.15) is 0 Å². The molecule has 0 amide bonds. The van der Waals surface area contributed by atoms with E-state index in [-0.39, 0.29) is 0 Å². The summed E-state index contributed by atoms with van der Waals surface area (Å²) in [5.41, 5.74) is 0.929. The Morgan fingerprint density at radius 3 is 1.64 bits per heavy atom. The van der Waals surface area contributed by atoms with E-state index in [1.165, 1.54) is 12.8 Å². The van der Waals surface area contributed by atoms with Crippen molar-refractivity contribution in [1.82, 2.24) is 5.32 Å². The van der Waals surface area contributed by atoms with E-state index in [1.807, 2.05) is 20.9 Å². The van der Waals surface area contributed by atoms with Crippen LogP contribution in [0.1, 0.15) is 61.3 Å². The van der Waals surface area contributed by atoms with Crippen LogP contribution < -0.4 is 5.32 Å². The minimum absolute atomic E-state index is 0.456. The van der Waals surface area contributed by atoms with Crippen molar-refractivity contribution in [3.63, 3.8) is 0 Å². The van der Waals surface area contributed by atoms with Crippen molar-refractivity contribution >= 4 is 0 Å². The summed E-state index contributed by atoms with van der Waals surface area (Å²) < 4.78 is 0. The molecule has 1 heteroatoms. The van der Waals surface area contributed by atoms with Crippen molar-refractivity contribution in [2.45, 2.75) is 61.3 Å². The lowest BCUT2D eigenvalue weighted by Crippen LogP contribution is -2.24. The van der Waals surface area contributed by atoms with Crippen LogP contribution in [0.5, 0.6) is 0 Å². The zero-order chi connectivity index (χ0) is 11.8. The molecule has 0 bridgehead atoms. The Balaban J connectivity index is 0. The van der Waals surface area contributed by atoms with E-state index < -0.39 is 0 Å². The average molecular weight is 201 g/mol. The third-order valence-corrected chi connectivity index (χ3v) is 2.06. The van der Waals surface area contributed by atoms with Gasteiger partial charge in [-0.05, 0) is 37.3 Å². The van der Waals surface area contributed by atoms with Crippen LogP contribution in [0.15, 0.2) is 0 Å². The highest BCUT2D eigenvalue weighted by Gasteiger charge is 2.24. The molecule has 0 aromatic carbocycles. The highest BCUT2D eigenvalue weighted by atomic mass is 14.8. The highest BCUT2D eigenvalue weighted by molar-refractivity contribution is 4.76. The first-order valence-electron chi connectivity index (χ1n) is 5.91. The largest absolute Gasteiger partial charge is 0.320 e. The second-order valence-electron chi connectivity index (χ2n) is 5.76. The molecule has 0 unspecified atom stereocenters. The molecule has 0 heterocycles. The molecule has 0 radical (unpaired) electrons. The quantitative estimate of drug-likeness (QED) is 0.722. The Kier molecular flexibility index (Phi) is 8.52. The fraction of sp³-hybridized carbons (Fsp3) is 1.00. The Morgan fingerprint density at radius 1 is 0.929 bits per heavy atom. The van der Waals surface area contributed by atoms with Gasteiger partial charge in [-0.15, -0.1) is 0 Å². The summed E-state index contributed by atoms with van der Waals surface area (Å²) in [7, 11) is 2.02. The fourth-order valence-electron chi connectivity index (χ4n) is 1.99. The fourth-order valence-corrected chi connectivity index (χ4v) is 1.99. The van der Waals surface area contributed by atoms with Crippen molar-refractivity contribution in [3.05, 3.63) is 0 Å². The minimum Gasteiger partial charge on any atom is -0.320 e. The normalized spacial score (nSPS) is 12.0. The summed E-state index contributed by atoms with van der Waals surface area (Å²) in [5, 5.41) is 3.21. The van der Waals surface area contributed by atoms with Crippen LogP contribution in [-0.4, -0.2) is 13.6 Å². The van der Waals surface area contributed by atoms with Crippen LogP contribution in [0.25, 0.3) is 0 Å². The van der Waals surface area contributed by atoms with Gasteiger partial charge in [-0.25, -0.2) is 0 Å². The Bertz CT molecular complexity index is 120. The van der Waals surface area contributed by atoms with Crippen molar-refractivity contribution in [2.75, 3.05) is 13.6 Å². The molecule has 0 aromatic rings. The summed E-state index contributed by atoms with van der Waals surface area (Å²) in [6, 6.07) is 0. The molecule has 0 aliphatic heterocycles. The van der Waals surface area contributed by atoms with Crippen molar-refractivity contribution in [2.24, 2.45) is 10.8 Å². The zero-order valence-electron chi connectivity index (χ0n) is 11.6. The molecular formula is C13H31N. The van der Waals surface area contributed by atoms with Gasteiger partial charge in [0.25, 0.3) is 0 Å². The van der Waals surface area contributed by atoms with Gasteiger partial charge in [-0.3, -0.25) is 0 Å². The van der Waals surface area contributed by atoms with E-state index >= 15 is 0 Å². The number of hydrogen-bond acceptors (Lipinski definition) is 1. The van der Waals surface area contributed by atoms with Gasteiger partial charge < -0.3 is 5.32 Å². The highest BCUT2D eigenvalue weighted by Crippen LogP contribution is 2.35. The standard InChI is InChI=1S/C11H25N.C2H6/c1-10(2,3)9-11(4,5)7-8-12-6;1-2/h12H,7-9H2,1-6H3;1-2H3. The van der Waals surface area contributed by atoms with Crippen molar-refractivity contribution in [3.8, 4) is 0 Å². The van der Waals surface area contributed by atoms with E-state index in [9.17, 15) is 0 Å². The topological polar surface area (TPSA) is 12.0 Å². The number of rotatable bonds is 4. The van der Waals surface area contributed by atoms with Crippen LogP contribution in [0, 0.1) is 10.8 Å². The van der Waals surface area contributed by atoms with Crippen LogP contribution in [0.4, 0.5) is 0 Å². The van der Waals surface area contributed by atoms with Gasteiger partial charge in [0.05, 0.1) is 0 Å². The molecule has 1 N–H and O–H groups in total. The lowest BCUT2D eigenvalue weighted by molar-refractivity contribution is 0.199. The van der Waals surface area contributed by atoms with Gasteiger partial charge in [-0.1, -0.05) is 48.5 Å². The lowest BCUT2D eigenvalue weighted by atomic mass is 9.74. The van der Waals surface area contributed by atoms with Gasteiger partial charge >= 0.3 is 0 Å². The average Bonchev–Trinajstić information content (AvgIpc) is 2.00. The maximum atomic E-state index is 3.21. The van der Waals surface area contributed by atoms with Crippen LogP contribution in [0.2, 0.25) is 0 Å². The van der Waals surface area contributed by atoms with Gasteiger partial charge in [0.2, 0.25) is 0 Å². The monoisotopic (exact) mass is 201 g/mol. The van der Waals surface area contributed by atoms with Crippen LogP contribution in [-0.2, 0) is 0 Å². The molecule has 0 rings (SSSR count). The minimum atomic E-state index is 0.456. The molecule has 0 aliphatic rings. The van der Waals surface area contributed by atoms with Crippen LogP contribution >= 0.6 is 0 Å². The molecular weight excluding hydrogens is 170 g/mol. The second-order valence-corrected chi connectivity index (χ2v) is 5.76. The molecule has 0 aliphatic carbocycles. The molecule has 0 saturated carbocycles. The number of hydrogen-bond donors (Lipinski definition) is 1. The predicted molar refractivity (Wildman–Crippen MR) is 67.7 cm³/mol. The summed E-state index contributed by atoms with van der Waals surface area (Å²) in [6.07, 6.45) is 2.56. The maximum Gasteiger partial charge on any atom is -0.00468 e. The molecule has 0 atom stereocenters. The summed E-state index contributed by atoms with van der Waals surface area (Å²) >= 11 is 0. The zero-order valence-corrected chi connectivity index (χ0v) is 11.6. The Hall–Kier alpha value is -0.0400. The Morgan fingerprint density at radius 2 is 1.36 bits per heavy atom. The molecule has 14 heavy (non-hydrogen) atoms. The second kappa shape index (κ2) is 7.28. The lowest BCUT2D eigenvalue weighted by Gasteiger charge is -2.32. The predicted octanol–water partition coefficient (Wildman–Crippen LogP) is 4.08. The molecule has 0 aromatic heterocycles. The van der Waals surface area contributed by atoms with Crippen molar-refractivity contribution in [1.29, 1.82) is 0 Å². The molecule has 0 fully saturated rings. The first-order chi connectivity index (χ1) is 6.27. The van der Waals surface area contributed by atoms with E-state index in [4.69, 9.17) is 0 Å². The number of nitrogens with one attached hydrogen (secondary N) is 1. The van der Waals surface area contributed by atoms with E-state index in [0.717, 1.165) is 6.54 Å². The van der Waals surface area contributed by atoms with Crippen LogP contribution in [0.3, 0.4) is 0 Å². The SMILES string of the molecule is CC.CNCCC(C)(C)CC(C)(C)C. The third-order valence-electron chi connectivity index (χ3n) is 2.06. The van der Waals surface area contributed by atoms with Gasteiger partial charge in [0.15, 0.2) is 0 Å². The first-order valence-corrected chi connectivity index (χ1v) is 5.91. The van der Waals surface area contributed by atoms with Crippen molar-refractivity contribution < 1.29 is 0 Å². The van der Waals surface area contributed by atoms with E-state index in [1.54, 1.807) is 0 Å². The summed E-state index contributed by atoms with van der Waals surface area (Å²) in [4.78, 5) is 0. The van der Waals surface area contributed by atoms with Gasteiger partial charge in [0.1, 0.15) is 0 Å². The molecule has 88 valence electrons. The van der Waals surface area contributed by atoms with E-state index in [0.29, 0.717) is 10.8 Å². The third kappa shape index (κ3) is 12.0. The maximum absolute atomic E-state index is 3.21. The van der Waals surface area contributed by atoms with Gasteiger partial charge in [0, 0.05) is 0 Å². The Labute approximate surface area is 91.7 Å². The van der Waals surface area contributed by atoms with E-state index in [2.05, 4.69) is 39.9 Å².